The van der Waals surface area contributed by atoms with E-state index in [1.807, 2.05) is 0 Å². The Labute approximate surface area is 170 Å². The van der Waals surface area contributed by atoms with Crippen molar-refractivity contribution >= 4 is 37.4 Å². The van der Waals surface area contributed by atoms with Gasteiger partial charge in [-0.25, -0.2) is 13.2 Å². The molecule has 0 fully saturated rings. The largest absolute Gasteiger partial charge is 0.501 e. The number of carbonyl (C=O) groups excluding carboxylic acids is 1. The molecule has 0 saturated carbocycles. The van der Waals surface area contributed by atoms with Crippen LogP contribution in [0.25, 0.3) is 0 Å². The standard InChI is InChI=1S/C16H11BrF3NO7S/c1-2-27-15(22)11-7-9(3-5-13(11)21(23)24)28-14-6-4-10(8-12(14)17)29(25,26)16(18,19)20/h3-8H,2H2,1H3. The van der Waals surface area contributed by atoms with E-state index in [0.717, 1.165) is 24.3 Å². The van der Waals surface area contributed by atoms with E-state index in [1.54, 1.807) is 0 Å². The zero-order valence-electron chi connectivity index (χ0n) is 14.4. The minimum atomic E-state index is -5.55. The van der Waals surface area contributed by atoms with Gasteiger partial charge in [-0.2, -0.15) is 13.2 Å². The van der Waals surface area contributed by atoms with E-state index in [4.69, 9.17) is 9.47 Å². The van der Waals surface area contributed by atoms with Crippen molar-refractivity contribution in [2.45, 2.75) is 17.3 Å². The average Bonchev–Trinajstić information content (AvgIpc) is 2.62. The normalized spacial score (nSPS) is 11.8. The highest BCUT2D eigenvalue weighted by Crippen LogP contribution is 2.37. The molecule has 13 heteroatoms. The Morgan fingerprint density at radius 2 is 1.86 bits per heavy atom. The minimum Gasteiger partial charge on any atom is -0.462 e. The Bertz CT molecular complexity index is 1070. The maximum atomic E-state index is 12.7. The van der Waals surface area contributed by atoms with Crippen LogP contribution in [0.5, 0.6) is 11.5 Å². The van der Waals surface area contributed by atoms with Crippen LogP contribution in [0.1, 0.15) is 17.3 Å². The third-order valence-corrected chi connectivity index (χ3v) is 5.51. The van der Waals surface area contributed by atoms with E-state index in [0.29, 0.717) is 12.1 Å². The maximum absolute atomic E-state index is 12.7. The van der Waals surface area contributed by atoms with Gasteiger partial charge in [-0.05, 0) is 47.1 Å². The summed E-state index contributed by atoms with van der Waals surface area (Å²) in [5.41, 5.74) is -6.38. The Balaban J connectivity index is 2.41. The van der Waals surface area contributed by atoms with Gasteiger partial charge in [0.1, 0.15) is 17.1 Å². The van der Waals surface area contributed by atoms with Crippen LogP contribution >= 0.6 is 15.9 Å². The van der Waals surface area contributed by atoms with E-state index in [9.17, 15) is 36.5 Å². The van der Waals surface area contributed by atoms with Crippen LogP contribution in [0, 0.1) is 10.1 Å². The molecule has 2 aromatic rings. The molecule has 0 heterocycles. The second-order valence-corrected chi connectivity index (χ2v) is 8.10. The Kier molecular flexibility index (Phi) is 6.53. The number of nitro groups is 1. The van der Waals surface area contributed by atoms with Crippen LogP contribution in [-0.2, 0) is 14.6 Å². The van der Waals surface area contributed by atoms with E-state index in [-0.39, 0.29) is 28.1 Å². The van der Waals surface area contributed by atoms with Gasteiger partial charge in [0.05, 0.1) is 20.9 Å². The van der Waals surface area contributed by atoms with Crippen molar-refractivity contribution in [3.05, 3.63) is 56.5 Å². The number of nitrogens with zero attached hydrogens (tertiary/aromatic N) is 1. The van der Waals surface area contributed by atoms with Crippen LogP contribution < -0.4 is 4.74 Å². The van der Waals surface area contributed by atoms with Crippen LogP contribution in [-0.4, -0.2) is 31.4 Å². The van der Waals surface area contributed by atoms with Crippen LogP contribution in [0.4, 0.5) is 18.9 Å². The molecule has 0 unspecified atom stereocenters. The van der Waals surface area contributed by atoms with Crippen molar-refractivity contribution in [2.75, 3.05) is 6.61 Å². The van der Waals surface area contributed by atoms with Gasteiger partial charge >= 0.3 is 11.5 Å². The fourth-order valence-electron chi connectivity index (χ4n) is 2.10. The van der Waals surface area contributed by atoms with Gasteiger partial charge in [-0.15, -0.1) is 0 Å². The van der Waals surface area contributed by atoms with Gasteiger partial charge in [-0.1, -0.05) is 0 Å². The molecule has 0 aliphatic carbocycles. The average molecular weight is 498 g/mol. The third-order valence-electron chi connectivity index (χ3n) is 3.41. The predicted octanol–water partition coefficient (Wildman–Crippen LogP) is 4.62. The molecule has 0 saturated heterocycles. The molecule has 0 aliphatic heterocycles. The van der Waals surface area contributed by atoms with Crippen LogP contribution in [0.3, 0.4) is 0 Å². The zero-order chi connectivity index (χ0) is 22.0. The highest BCUT2D eigenvalue weighted by atomic mass is 79.9. The molecule has 2 aromatic carbocycles. The number of rotatable bonds is 6. The van der Waals surface area contributed by atoms with Crippen molar-refractivity contribution in [1.29, 1.82) is 0 Å². The molecule has 0 aromatic heterocycles. The smallest absolute Gasteiger partial charge is 0.462 e. The molecule has 29 heavy (non-hydrogen) atoms. The zero-order valence-corrected chi connectivity index (χ0v) is 16.8. The Hall–Kier alpha value is -2.67. The summed E-state index contributed by atoms with van der Waals surface area (Å²) in [7, 11) is -5.55. The molecule has 0 atom stereocenters. The number of hydrogen-bond donors (Lipinski definition) is 0. The van der Waals surface area contributed by atoms with Crippen molar-refractivity contribution in [3.63, 3.8) is 0 Å². The summed E-state index contributed by atoms with van der Waals surface area (Å²) in [6, 6.07) is 5.55. The first-order valence-corrected chi connectivity index (χ1v) is 9.90. The lowest BCUT2D eigenvalue weighted by Crippen LogP contribution is -2.23. The minimum absolute atomic E-state index is 0.0260. The number of nitro benzene ring substituents is 1. The highest BCUT2D eigenvalue weighted by molar-refractivity contribution is 9.10. The van der Waals surface area contributed by atoms with Crippen LogP contribution in [0.15, 0.2) is 45.8 Å². The SMILES string of the molecule is CCOC(=O)c1cc(Oc2ccc(S(=O)(=O)C(F)(F)F)cc2Br)ccc1[N+](=O)[O-]. The number of alkyl halides is 3. The number of hydrogen-bond acceptors (Lipinski definition) is 7. The van der Waals surface area contributed by atoms with Gasteiger partial charge in [0.25, 0.3) is 15.5 Å². The maximum Gasteiger partial charge on any atom is 0.501 e. The summed E-state index contributed by atoms with van der Waals surface area (Å²) in [6.45, 7) is 1.49. The van der Waals surface area contributed by atoms with Gasteiger partial charge in [-0.3, -0.25) is 10.1 Å². The number of carbonyl (C=O) groups is 1. The van der Waals surface area contributed by atoms with Gasteiger partial charge < -0.3 is 9.47 Å². The molecule has 156 valence electrons. The van der Waals surface area contributed by atoms with Crippen molar-refractivity contribution in [1.82, 2.24) is 0 Å². The number of esters is 1. The van der Waals surface area contributed by atoms with Gasteiger partial charge in [0.15, 0.2) is 0 Å². The van der Waals surface area contributed by atoms with E-state index >= 15 is 0 Å². The first-order valence-electron chi connectivity index (χ1n) is 7.62. The molecule has 0 radical (unpaired) electrons. The van der Waals surface area contributed by atoms with Crippen molar-refractivity contribution < 1.29 is 40.8 Å². The molecule has 8 nitrogen and oxygen atoms in total. The Morgan fingerprint density at radius 1 is 1.21 bits per heavy atom. The van der Waals surface area contributed by atoms with Crippen molar-refractivity contribution in [3.8, 4) is 11.5 Å². The summed E-state index contributed by atoms with van der Waals surface area (Å²) < 4.78 is 70.9. The summed E-state index contributed by atoms with van der Waals surface area (Å²) in [5, 5.41) is 11.1. The molecule has 0 bridgehead atoms. The summed E-state index contributed by atoms with van der Waals surface area (Å²) >= 11 is 2.92. The molecule has 0 amide bonds. The number of sulfone groups is 1. The summed E-state index contributed by atoms with van der Waals surface area (Å²) in [5.74, 6) is -1.11. The lowest BCUT2D eigenvalue weighted by atomic mass is 10.1. The Morgan fingerprint density at radius 3 is 2.38 bits per heavy atom. The number of ether oxygens (including phenoxy) is 2. The van der Waals surface area contributed by atoms with Gasteiger partial charge in [0, 0.05) is 12.1 Å². The van der Waals surface area contributed by atoms with Crippen molar-refractivity contribution in [2.24, 2.45) is 0 Å². The molecular formula is C16H11BrF3NO7S. The first-order chi connectivity index (χ1) is 13.4. The van der Waals surface area contributed by atoms with Crippen LogP contribution in [0.2, 0.25) is 0 Å². The molecule has 0 aliphatic rings. The fraction of sp³-hybridized carbons (Fsp3) is 0.188. The molecule has 2 rings (SSSR count). The summed E-state index contributed by atoms with van der Waals surface area (Å²) in [6.07, 6.45) is 0. The highest BCUT2D eigenvalue weighted by Gasteiger charge is 2.47. The molecule has 0 N–H and O–H groups in total. The quantitative estimate of drug-likeness (QED) is 0.325. The number of halogens is 4. The first kappa shape index (κ1) is 22.6. The lowest BCUT2D eigenvalue weighted by molar-refractivity contribution is -0.385. The predicted molar refractivity (Wildman–Crippen MR) is 96.5 cm³/mol. The van der Waals surface area contributed by atoms with E-state index in [1.165, 1.54) is 6.92 Å². The fourth-order valence-corrected chi connectivity index (χ4v) is 3.50. The number of benzene rings is 2. The monoisotopic (exact) mass is 497 g/mol. The van der Waals surface area contributed by atoms with E-state index in [2.05, 4.69) is 15.9 Å². The van der Waals surface area contributed by atoms with Gasteiger partial charge in [0.2, 0.25) is 0 Å². The molecule has 0 spiro atoms. The molecular weight excluding hydrogens is 487 g/mol. The third kappa shape index (κ3) is 4.85. The summed E-state index contributed by atoms with van der Waals surface area (Å²) in [4.78, 5) is 21.2. The second kappa shape index (κ2) is 8.37. The lowest BCUT2D eigenvalue weighted by Gasteiger charge is -2.12. The van der Waals surface area contributed by atoms with E-state index < -0.39 is 36.8 Å². The topological polar surface area (TPSA) is 113 Å². The second-order valence-electron chi connectivity index (χ2n) is 5.30.